The third kappa shape index (κ3) is 3.22. The molecule has 0 aromatic carbocycles. The molecule has 1 rings (SSSR count). The summed E-state index contributed by atoms with van der Waals surface area (Å²) in [5.41, 5.74) is 6.16. The maximum absolute atomic E-state index is 12.3. The van der Waals surface area contributed by atoms with Crippen LogP contribution < -0.4 is 5.73 Å². The summed E-state index contributed by atoms with van der Waals surface area (Å²) in [7, 11) is 0. The van der Waals surface area contributed by atoms with E-state index in [4.69, 9.17) is 5.73 Å². The summed E-state index contributed by atoms with van der Waals surface area (Å²) < 4.78 is 0. The Hall–Kier alpha value is -1.52. The van der Waals surface area contributed by atoms with Crippen molar-refractivity contribution in [1.82, 2.24) is 15.1 Å². The van der Waals surface area contributed by atoms with Crippen LogP contribution in [0.15, 0.2) is 6.20 Å². The molecule has 1 aromatic rings. The summed E-state index contributed by atoms with van der Waals surface area (Å²) in [5.74, 6) is 0.318. The smallest absolute Gasteiger partial charge is 0.259 e. The Bertz CT molecular complexity index is 361. The number of amides is 1. The number of nitrogen functional groups attached to an aromatic ring is 1. The molecule has 0 saturated heterocycles. The zero-order valence-electron chi connectivity index (χ0n) is 10.9. The molecule has 5 heteroatoms. The summed E-state index contributed by atoms with van der Waals surface area (Å²) in [4.78, 5) is 14.2. The van der Waals surface area contributed by atoms with Gasteiger partial charge in [0.15, 0.2) is 0 Å². The number of H-pyrrole nitrogens is 1. The second-order valence-electron chi connectivity index (χ2n) is 4.31. The molecule has 3 N–H and O–H groups in total. The van der Waals surface area contributed by atoms with Gasteiger partial charge in [-0.3, -0.25) is 9.89 Å². The molecule has 0 radical (unpaired) electrons. The minimum absolute atomic E-state index is 0.0287. The fourth-order valence-electron chi connectivity index (χ4n) is 1.69. The number of rotatable bonds is 6. The van der Waals surface area contributed by atoms with E-state index in [9.17, 15) is 4.79 Å². The van der Waals surface area contributed by atoms with E-state index in [1.54, 1.807) is 0 Å². The van der Waals surface area contributed by atoms with Crippen LogP contribution in [0, 0.1) is 0 Å². The van der Waals surface area contributed by atoms with Crippen molar-refractivity contribution >= 4 is 11.7 Å². The fourth-order valence-corrected chi connectivity index (χ4v) is 1.69. The zero-order chi connectivity index (χ0) is 12.8. The molecular weight excluding hydrogens is 216 g/mol. The number of aromatic nitrogens is 2. The summed E-state index contributed by atoms with van der Waals surface area (Å²) in [6.45, 7) is 7.03. The number of carbonyl (C=O) groups is 1. The van der Waals surface area contributed by atoms with E-state index < -0.39 is 0 Å². The van der Waals surface area contributed by atoms with E-state index in [-0.39, 0.29) is 11.9 Å². The van der Waals surface area contributed by atoms with Crippen LogP contribution in [0.4, 0.5) is 5.82 Å². The highest BCUT2D eigenvalue weighted by molar-refractivity contribution is 5.98. The number of hydrogen-bond acceptors (Lipinski definition) is 3. The van der Waals surface area contributed by atoms with Crippen molar-refractivity contribution < 1.29 is 4.79 Å². The molecule has 0 aliphatic heterocycles. The van der Waals surface area contributed by atoms with E-state index in [0.29, 0.717) is 11.4 Å². The molecule has 0 aliphatic rings. The standard InChI is InChI=1S/C12H22N4O/c1-4-6-7-16(9(3)5-2)12(17)10-8-14-15-11(10)13/h8-9H,4-7H2,1-3H3,(H3,13,14,15). The lowest BCUT2D eigenvalue weighted by Gasteiger charge is -2.28. The molecule has 5 nitrogen and oxygen atoms in total. The van der Waals surface area contributed by atoms with Gasteiger partial charge < -0.3 is 10.6 Å². The maximum atomic E-state index is 12.3. The molecule has 1 unspecified atom stereocenters. The van der Waals surface area contributed by atoms with Gasteiger partial charge >= 0.3 is 0 Å². The minimum atomic E-state index is -0.0287. The van der Waals surface area contributed by atoms with Crippen molar-refractivity contribution in [3.63, 3.8) is 0 Å². The largest absolute Gasteiger partial charge is 0.383 e. The first-order chi connectivity index (χ1) is 8.11. The molecule has 0 spiro atoms. The highest BCUT2D eigenvalue weighted by Crippen LogP contribution is 2.15. The van der Waals surface area contributed by atoms with Crippen molar-refractivity contribution in [2.75, 3.05) is 12.3 Å². The molecule has 0 saturated carbocycles. The molecule has 1 heterocycles. The minimum Gasteiger partial charge on any atom is -0.383 e. The van der Waals surface area contributed by atoms with Gasteiger partial charge in [0.2, 0.25) is 0 Å². The highest BCUT2D eigenvalue weighted by Gasteiger charge is 2.22. The van der Waals surface area contributed by atoms with Gasteiger partial charge in [-0.1, -0.05) is 20.3 Å². The zero-order valence-corrected chi connectivity index (χ0v) is 10.9. The van der Waals surface area contributed by atoms with Crippen molar-refractivity contribution in [3.8, 4) is 0 Å². The Labute approximate surface area is 102 Å². The van der Waals surface area contributed by atoms with Crippen molar-refractivity contribution in [2.24, 2.45) is 0 Å². The summed E-state index contributed by atoms with van der Waals surface area (Å²) >= 11 is 0. The SMILES string of the molecule is CCCCN(C(=O)c1cn[nH]c1N)C(C)CC. The first-order valence-corrected chi connectivity index (χ1v) is 6.21. The number of nitrogens with two attached hydrogens (primary N) is 1. The summed E-state index contributed by atoms with van der Waals surface area (Å²) in [5, 5.41) is 6.39. The first-order valence-electron chi connectivity index (χ1n) is 6.21. The molecule has 0 fully saturated rings. The molecule has 96 valence electrons. The van der Waals surface area contributed by atoms with E-state index in [0.717, 1.165) is 25.8 Å². The van der Waals surface area contributed by atoms with Crippen LogP contribution in [-0.2, 0) is 0 Å². The van der Waals surface area contributed by atoms with E-state index in [1.807, 2.05) is 4.90 Å². The molecule has 17 heavy (non-hydrogen) atoms. The van der Waals surface area contributed by atoms with Crippen LogP contribution in [0.5, 0.6) is 0 Å². The quantitative estimate of drug-likeness (QED) is 0.796. The van der Waals surface area contributed by atoms with Crippen molar-refractivity contribution in [2.45, 2.75) is 46.1 Å². The Morgan fingerprint density at radius 3 is 2.76 bits per heavy atom. The number of unbranched alkanes of at least 4 members (excludes halogenated alkanes) is 1. The van der Waals surface area contributed by atoms with E-state index in [2.05, 4.69) is 31.0 Å². The monoisotopic (exact) mass is 238 g/mol. The number of hydrogen-bond donors (Lipinski definition) is 2. The molecule has 0 bridgehead atoms. The molecule has 1 atom stereocenters. The fraction of sp³-hybridized carbons (Fsp3) is 0.667. The Kier molecular flexibility index (Phi) is 5.00. The number of nitrogens with zero attached hydrogens (tertiary/aromatic N) is 2. The van der Waals surface area contributed by atoms with Gasteiger partial charge in [0.25, 0.3) is 5.91 Å². The van der Waals surface area contributed by atoms with Gasteiger partial charge in [-0.2, -0.15) is 5.10 Å². The Morgan fingerprint density at radius 2 is 2.29 bits per heavy atom. The molecule has 0 aliphatic carbocycles. The second kappa shape index (κ2) is 6.27. The normalized spacial score (nSPS) is 12.4. The third-order valence-corrected chi connectivity index (χ3v) is 3.04. The van der Waals surface area contributed by atoms with Crippen LogP contribution in [0.1, 0.15) is 50.4 Å². The molecule has 1 amide bonds. The predicted molar refractivity (Wildman–Crippen MR) is 68.7 cm³/mol. The van der Waals surface area contributed by atoms with Crippen LogP contribution >= 0.6 is 0 Å². The molecular formula is C12H22N4O. The van der Waals surface area contributed by atoms with Crippen molar-refractivity contribution in [3.05, 3.63) is 11.8 Å². The average Bonchev–Trinajstić information content (AvgIpc) is 2.75. The lowest BCUT2D eigenvalue weighted by atomic mass is 10.1. The first kappa shape index (κ1) is 13.5. The maximum Gasteiger partial charge on any atom is 0.259 e. The van der Waals surface area contributed by atoms with Crippen molar-refractivity contribution in [1.29, 1.82) is 0 Å². The Morgan fingerprint density at radius 1 is 1.59 bits per heavy atom. The summed E-state index contributed by atoms with van der Waals surface area (Å²) in [6, 6.07) is 0.225. The highest BCUT2D eigenvalue weighted by atomic mass is 16.2. The number of nitrogens with one attached hydrogen (secondary N) is 1. The summed E-state index contributed by atoms with van der Waals surface area (Å²) in [6.07, 6.45) is 4.52. The lowest BCUT2D eigenvalue weighted by molar-refractivity contribution is 0.0686. The molecule has 1 aromatic heterocycles. The van der Waals surface area contributed by atoms with Crippen LogP contribution in [0.3, 0.4) is 0 Å². The van der Waals surface area contributed by atoms with Crippen LogP contribution in [0.2, 0.25) is 0 Å². The van der Waals surface area contributed by atoms with E-state index in [1.165, 1.54) is 6.20 Å². The van der Waals surface area contributed by atoms with Crippen LogP contribution in [-0.4, -0.2) is 33.6 Å². The Balaban J connectivity index is 2.82. The van der Waals surface area contributed by atoms with Gasteiger partial charge in [0.05, 0.1) is 6.20 Å². The third-order valence-electron chi connectivity index (χ3n) is 3.04. The van der Waals surface area contributed by atoms with Gasteiger partial charge in [-0.25, -0.2) is 0 Å². The average molecular weight is 238 g/mol. The number of anilines is 1. The second-order valence-corrected chi connectivity index (χ2v) is 4.31. The van der Waals surface area contributed by atoms with Gasteiger partial charge in [0, 0.05) is 12.6 Å². The van der Waals surface area contributed by atoms with E-state index >= 15 is 0 Å². The lowest BCUT2D eigenvalue weighted by Crippen LogP contribution is -2.39. The van der Waals surface area contributed by atoms with Crippen LogP contribution in [0.25, 0.3) is 0 Å². The van der Waals surface area contributed by atoms with Gasteiger partial charge in [-0.15, -0.1) is 0 Å². The topological polar surface area (TPSA) is 75.0 Å². The van der Waals surface area contributed by atoms with Gasteiger partial charge in [0.1, 0.15) is 11.4 Å². The number of aromatic amines is 1. The predicted octanol–water partition coefficient (Wildman–Crippen LogP) is 2.03. The van der Waals surface area contributed by atoms with Gasteiger partial charge in [-0.05, 0) is 19.8 Å². The number of carbonyl (C=O) groups excluding carboxylic acids is 1.